The molecule has 0 bridgehead atoms. The molecule has 1 amide bonds. The summed E-state index contributed by atoms with van der Waals surface area (Å²) in [5, 5.41) is 0. The van der Waals surface area contributed by atoms with Crippen molar-refractivity contribution in [2.75, 3.05) is 25.2 Å². The van der Waals surface area contributed by atoms with E-state index in [1.165, 1.54) is 0 Å². The average Bonchev–Trinajstić information content (AvgIpc) is 3.47. The van der Waals surface area contributed by atoms with Crippen LogP contribution in [0, 0.1) is 13.8 Å². The number of ether oxygens (including phenoxy) is 2. The van der Waals surface area contributed by atoms with Crippen LogP contribution in [0.25, 0.3) is 11.0 Å². The van der Waals surface area contributed by atoms with E-state index in [2.05, 4.69) is 43.2 Å². The Balaban J connectivity index is 1.34. The maximum Gasteiger partial charge on any atom is 0.227 e. The van der Waals surface area contributed by atoms with Crippen LogP contribution in [0.3, 0.4) is 0 Å². The maximum atomic E-state index is 13.2. The lowest BCUT2D eigenvalue weighted by atomic mass is 10.1. The Labute approximate surface area is 224 Å². The monoisotopic (exact) mass is 509 g/mol. The molecule has 2 heterocycles. The van der Waals surface area contributed by atoms with Gasteiger partial charge in [-0.05, 0) is 67.6 Å². The molecule has 0 radical (unpaired) electrons. The van der Waals surface area contributed by atoms with Gasteiger partial charge in [-0.1, -0.05) is 42.5 Å². The maximum absolute atomic E-state index is 13.2. The van der Waals surface area contributed by atoms with Crippen molar-refractivity contribution in [3.63, 3.8) is 0 Å². The van der Waals surface area contributed by atoms with Crippen molar-refractivity contribution in [3.8, 4) is 11.5 Å². The smallest absolute Gasteiger partial charge is 0.227 e. The predicted octanol–water partition coefficient (Wildman–Crippen LogP) is 6.38. The zero-order chi connectivity index (χ0) is 26.6. The standard InChI is InChI=1S/C32H35N3O3/c1-5-10-24-15-16-28(29(19-24)37-4)38-18-9-17-34-27-14-7-6-13-26(27)33-32(34)25-20-30(36)35(21-25)31-22(2)11-8-12-23(31)3/h5-8,11-16,19,25H,1,9-10,17-18,20-21H2,2-4H3. The van der Waals surface area contributed by atoms with E-state index in [1.807, 2.05) is 53.4 Å². The van der Waals surface area contributed by atoms with Gasteiger partial charge in [0.05, 0.1) is 24.8 Å². The van der Waals surface area contributed by atoms with Gasteiger partial charge in [-0.25, -0.2) is 4.98 Å². The first-order valence-corrected chi connectivity index (χ1v) is 13.2. The minimum atomic E-state index is 0.0346. The molecular formula is C32H35N3O3. The Morgan fingerprint density at radius 1 is 1.05 bits per heavy atom. The van der Waals surface area contributed by atoms with E-state index in [1.54, 1.807) is 7.11 Å². The molecule has 1 unspecified atom stereocenters. The summed E-state index contributed by atoms with van der Waals surface area (Å²) >= 11 is 0. The normalized spacial score (nSPS) is 15.3. The summed E-state index contributed by atoms with van der Waals surface area (Å²) in [6.07, 6.45) is 3.92. The van der Waals surface area contributed by atoms with Crippen LogP contribution in [0.1, 0.15) is 41.3 Å². The first-order valence-electron chi connectivity index (χ1n) is 13.2. The third-order valence-electron chi connectivity index (χ3n) is 7.28. The first-order chi connectivity index (χ1) is 18.5. The van der Waals surface area contributed by atoms with Crippen molar-refractivity contribution in [1.29, 1.82) is 0 Å². The number of amides is 1. The van der Waals surface area contributed by atoms with Crippen LogP contribution in [0.2, 0.25) is 0 Å². The van der Waals surface area contributed by atoms with Gasteiger partial charge >= 0.3 is 0 Å². The lowest BCUT2D eigenvalue weighted by molar-refractivity contribution is -0.117. The van der Waals surface area contributed by atoms with Crippen molar-refractivity contribution >= 4 is 22.6 Å². The fourth-order valence-electron chi connectivity index (χ4n) is 5.50. The molecule has 0 aliphatic carbocycles. The molecule has 3 aromatic carbocycles. The summed E-state index contributed by atoms with van der Waals surface area (Å²) in [5.41, 5.74) is 6.46. The second-order valence-electron chi connectivity index (χ2n) is 9.94. The quantitative estimate of drug-likeness (QED) is 0.184. The molecule has 196 valence electrons. The summed E-state index contributed by atoms with van der Waals surface area (Å²) in [5.74, 6) is 2.63. The molecule has 6 heteroatoms. The molecule has 0 N–H and O–H groups in total. The molecule has 0 saturated carbocycles. The van der Waals surface area contributed by atoms with Crippen LogP contribution in [0.4, 0.5) is 5.69 Å². The van der Waals surface area contributed by atoms with Crippen molar-refractivity contribution in [2.24, 2.45) is 0 Å². The Bertz CT molecular complexity index is 1450. The molecule has 1 fully saturated rings. The van der Waals surface area contributed by atoms with Crippen molar-refractivity contribution in [3.05, 3.63) is 95.8 Å². The molecule has 1 saturated heterocycles. The number of anilines is 1. The largest absolute Gasteiger partial charge is 0.493 e. The Hall–Kier alpha value is -4.06. The number of aromatic nitrogens is 2. The molecule has 5 rings (SSSR count). The molecule has 38 heavy (non-hydrogen) atoms. The van der Waals surface area contributed by atoms with E-state index in [-0.39, 0.29) is 11.8 Å². The van der Waals surface area contributed by atoms with Crippen molar-refractivity contribution < 1.29 is 14.3 Å². The first kappa shape index (κ1) is 25.6. The number of carbonyl (C=O) groups excluding carboxylic acids is 1. The molecular weight excluding hydrogens is 474 g/mol. The molecule has 1 aliphatic rings. The van der Waals surface area contributed by atoms with Gasteiger partial charge in [0.25, 0.3) is 0 Å². The van der Waals surface area contributed by atoms with Crippen LogP contribution in [0.5, 0.6) is 11.5 Å². The van der Waals surface area contributed by atoms with E-state index in [9.17, 15) is 4.79 Å². The molecule has 0 spiro atoms. The number of hydrogen-bond acceptors (Lipinski definition) is 4. The van der Waals surface area contributed by atoms with Gasteiger partial charge in [0, 0.05) is 31.1 Å². The van der Waals surface area contributed by atoms with Gasteiger partial charge in [-0.2, -0.15) is 0 Å². The number of carbonyl (C=O) groups is 1. The minimum Gasteiger partial charge on any atom is -0.493 e. The molecule has 1 aromatic heterocycles. The lowest BCUT2D eigenvalue weighted by Crippen LogP contribution is -2.26. The third-order valence-corrected chi connectivity index (χ3v) is 7.28. The fraction of sp³-hybridized carbons (Fsp3) is 0.312. The van der Waals surface area contributed by atoms with Gasteiger partial charge in [0.15, 0.2) is 11.5 Å². The number of fused-ring (bicyclic) bond motifs is 1. The van der Waals surface area contributed by atoms with Gasteiger partial charge in [-0.3, -0.25) is 4.79 Å². The minimum absolute atomic E-state index is 0.0346. The van der Waals surface area contributed by atoms with E-state index >= 15 is 0 Å². The van der Waals surface area contributed by atoms with E-state index in [4.69, 9.17) is 14.5 Å². The number of allylic oxidation sites excluding steroid dienone is 1. The Kier molecular flexibility index (Phi) is 7.50. The summed E-state index contributed by atoms with van der Waals surface area (Å²) in [6.45, 7) is 9.88. The second-order valence-corrected chi connectivity index (χ2v) is 9.94. The molecule has 1 atom stereocenters. The second kappa shape index (κ2) is 11.1. The van der Waals surface area contributed by atoms with Crippen LogP contribution in [-0.2, 0) is 17.8 Å². The van der Waals surface area contributed by atoms with Gasteiger partial charge in [0.2, 0.25) is 5.91 Å². The number of nitrogens with zero attached hydrogens (tertiary/aromatic N) is 3. The number of imidazole rings is 1. The van der Waals surface area contributed by atoms with Gasteiger partial charge < -0.3 is 18.9 Å². The summed E-state index contributed by atoms with van der Waals surface area (Å²) in [6, 6.07) is 20.4. The zero-order valence-electron chi connectivity index (χ0n) is 22.4. The Morgan fingerprint density at radius 2 is 1.84 bits per heavy atom. The molecule has 1 aliphatic heterocycles. The van der Waals surface area contributed by atoms with E-state index in [0.29, 0.717) is 19.6 Å². The number of aryl methyl sites for hydroxylation is 3. The van der Waals surface area contributed by atoms with Crippen LogP contribution in [0.15, 0.2) is 73.3 Å². The van der Waals surface area contributed by atoms with E-state index < -0.39 is 0 Å². The van der Waals surface area contributed by atoms with Crippen LogP contribution in [-0.4, -0.2) is 35.7 Å². The molecule has 4 aromatic rings. The van der Waals surface area contributed by atoms with E-state index in [0.717, 1.165) is 70.1 Å². The highest BCUT2D eigenvalue weighted by atomic mass is 16.5. The number of hydrogen-bond donors (Lipinski definition) is 0. The third kappa shape index (κ3) is 5.03. The fourth-order valence-corrected chi connectivity index (χ4v) is 5.50. The van der Waals surface area contributed by atoms with Crippen LogP contribution >= 0.6 is 0 Å². The summed E-state index contributed by atoms with van der Waals surface area (Å²) < 4.78 is 13.9. The van der Waals surface area contributed by atoms with Gasteiger partial charge in [0.1, 0.15) is 5.82 Å². The number of para-hydroxylation sites is 3. The van der Waals surface area contributed by atoms with Crippen molar-refractivity contribution in [2.45, 2.75) is 45.6 Å². The van der Waals surface area contributed by atoms with Crippen molar-refractivity contribution in [1.82, 2.24) is 9.55 Å². The summed E-state index contributed by atoms with van der Waals surface area (Å²) in [4.78, 5) is 20.1. The molecule has 6 nitrogen and oxygen atoms in total. The van der Waals surface area contributed by atoms with Gasteiger partial charge in [-0.15, -0.1) is 6.58 Å². The predicted molar refractivity (Wildman–Crippen MR) is 152 cm³/mol. The number of benzene rings is 3. The number of methoxy groups -OCH3 is 1. The Morgan fingerprint density at radius 3 is 2.61 bits per heavy atom. The lowest BCUT2D eigenvalue weighted by Gasteiger charge is -2.21. The highest BCUT2D eigenvalue weighted by molar-refractivity contribution is 5.98. The average molecular weight is 510 g/mol. The number of rotatable bonds is 10. The van der Waals surface area contributed by atoms with Crippen LogP contribution < -0.4 is 14.4 Å². The highest BCUT2D eigenvalue weighted by Gasteiger charge is 2.35. The summed E-state index contributed by atoms with van der Waals surface area (Å²) in [7, 11) is 1.66. The SMILES string of the molecule is C=CCc1ccc(OCCCn2c(C3CC(=O)N(c4c(C)cccc4C)C3)nc3ccccc32)c(OC)c1. The zero-order valence-corrected chi connectivity index (χ0v) is 22.4. The topological polar surface area (TPSA) is 56.6 Å². The highest BCUT2D eigenvalue weighted by Crippen LogP contribution is 2.36.